The predicted octanol–water partition coefficient (Wildman–Crippen LogP) is 1.53. The van der Waals surface area contributed by atoms with Crippen LogP contribution in [0.4, 0.5) is 0 Å². The molecule has 0 aliphatic carbocycles. The van der Waals surface area contributed by atoms with E-state index in [1.807, 2.05) is 6.92 Å². The molecule has 1 aliphatic heterocycles. The molecule has 0 spiro atoms. The fraction of sp³-hybridized carbons (Fsp3) is 0.700. The smallest absolute Gasteiger partial charge is 0.309 e. The lowest BCUT2D eigenvalue weighted by Crippen LogP contribution is -2.18. The lowest BCUT2D eigenvalue weighted by atomic mass is 10.0. The molecule has 1 aliphatic rings. The molecule has 0 amide bonds. The summed E-state index contributed by atoms with van der Waals surface area (Å²) in [5.74, 6) is -0.158. The molecular formula is C10H16O3. The van der Waals surface area contributed by atoms with Crippen LogP contribution in [0, 0.1) is 5.92 Å². The van der Waals surface area contributed by atoms with Gasteiger partial charge < -0.3 is 9.47 Å². The predicted molar refractivity (Wildman–Crippen MR) is 49.3 cm³/mol. The summed E-state index contributed by atoms with van der Waals surface area (Å²) in [6.45, 7) is 6.72. The Hall–Kier alpha value is -0.830. The topological polar surface area (TPSA) is 38.8 Å². The lowest BCUT2D eigenvalue weighted by molar-refractivity contribution is -0.149. The average molecular weight is 184 g/mol. The maximum absolute atomic E-state index is 11.4. The molecule has 0 N–H and O–H groups in total. The number of hydrogen-bond donors (Lipinski definition) is 0. The third kappa shape index (κ3) is 3.59. The summed E-state index contributed by atoms with van der Waals surface area (Å²) < 4.78 is 9.99. The maximum atomic E-state index is 11.4. The van der Waals surface area contributed by atoms with Gasteiger partial charge in [-0.15, -0.1) is 6.58 Å². The average Bonchev–Trinajstić information content (AvgIpc) is 2.93. The van der Waals surface area contributed by atoms with E-state index >= 15 is 0 Å². The molecule has 0 aromatic carbocycles. The number of epoxide rings is 1. The van der Waals surface area contributed by atoms with Gasteiger partial charge in [-0.1, -0.05) is 13.0 Å². The van der Waals surface area contributed by atoms with Crippen molar-refractivity contribution in [3.05, 3.63) is 12.7 Å². The van der Waals surface area contributed by atoms with Crippen molar-refractivity contribution in [3.8, 4) is 0 Å². The van der Waals surface area contributed by atoms with E-state index in [1.54, 1.807) is 6.08 Å². The van der Waals surface area contributed by atoms with E-state index in [-0.39, 0.29) is 18.0 Å². The van der Waals surface area contributed by atoms with Gasteiger partial charge in [-0.05, 0) is 12.8 Å². The van der Waals surface area contributed by atoms with E-state index in [4.69, 9.17) is 9.47 Å². The third-order valence-corrected chi connectivity index (χ3v) is 2.09. The number of ether oxygens (including phenoxy) is 2. The molecule has 0 radical (unpaired) electrons. The Bertz CT molecular complexity index is 185. The van der Waals surface area contributed by atoms with Crippen LogP contribution in [0.15, 0.2) is 12.7 Å². The minimum Gasteiger partial charge on any atom is -0.463 e. The number of carbonyl (C=O) groups is 1. The van der Waals surface area contributed by atoms with Crippen LogP contribution >= 0.6 is 0 Å². The zero-order chi connectivity index (χ0) is 9.68. The van der Waals surface area contributed by atoms with Crippen LogP contribution in [0.3, 0.4) is 0 Å². The van der Waals surface area contributed by atoms with E-state index in [9.17, 15) is 4.79 Å². The van der Waals surface area contributed by atoms with Crippen LogP contribution in [0.2, 0.25) is 0 Å². The molecule has 74 valence electrons. The summed E-state index contributed by atoms with van der Waals surface area (Å²) >= 11 is 0. The molecule has 1 heterocycles. The standard InChI is InChI=1S/C10H16O3/c1-3-5-8(4-2)10(11)13-7-9-6-12-9/h3,8-9H,1,4-7H2,2H3. The SMILES string of the molecule is C=CCC(CC)C(=O)OCC1CO1. The van der Waals surface area contributed by atoms with Gasteiger partial charge in [-0.2, -0.15) is 0 Å². The fourth-order valence-corrected chi connectivity index (χ4v) is 1.09. The van der Waals surface area contributed by atoms with E-state index in [1.165, 1.54) is 0 Å². The Morgan fingerprint density at radius 3 is 3.00 bits per heavy atom. The van der Waals surface area contributed by atoms with Gasteiger partial charge in [0.2, 0.25) is 0 Å². The van der Waals surface area contributed by atoms with Gasteiger partial charge in [0.15, 0.2) is 0 Å². The highest BCUT2D eigenvalue weighted by Gasteiger charge is 2.25. The number of hydrogen-bond acceptors (Lipinski definition) is 3. The highest BCUT2D eigenvalue weighted by Crippen LogP contribution is 2.14. The van der Waals surface area contributed by atoms with Crippen LogP contribution in [-0.2, 0) is 14.3 Å². The number of carbonyl (C=O) groups excluding carboxylic acids is 1. The summed E-state index contributed by atoms with van der Waals surface area (Å²) in [5.41, 5.74) is 0. The van der Waals surface area contributed by atoms with Crippen molar-refractivity contribution >= 4 is 5.97 Å². The van der Waals surface area contributed by atoms with Crippen molar-refractivity contribution in [2.24, 2.45) is 5.92 Å². The molecule has 1 fully saturated rings. The minimum atomic E-state index is -0.127. The fourth-order valence-electron chi connectivity index (χ4n) is 1.09. The highest BCUT2D eigenvalue weighted by atomic mass is 16.6. The second kappa shape index (κ2) is 5.02. The van der Waals surface area contributed by atoms with Gasteiger partial charge in [-0.25, -0.2) is 0 Å². The van der Waals surface area contributed by atoms with E-state index < -0.39 is 0 Å². The first kappa shape index (κ1) is 10.3. The van der Waals surface area contributed by atoms with Crippen LogP contribution in [0.25, 0.3) is 0 Å². The van der Waals surface area contributed by atoms with Gasteiger partial charge in [-0.3, -0.25) is 4.79 Å². The molecule has 0 bridgehead atoms. The zero-order valence-electron chi connectivity index (χ0n) is 7.99. The molecule has 2 atom stereocenters. The maximum Gasteiger partial charge on any atom is 0.309 e. The zero-order valence-corrected chi connectivity index (χ0v) is 7.99. The van der Waals surface area contributed by atoms with Crippen molar-refractivity contribution in [2.75, 3.05) is 13.2 Å². The van der Waals surface area contributed by atoms with Gasteiger partial charge in [0.25, 0.3) is 0 Å². The first-order chi connectivity index (χ1) is 6.27. The van der Waals surface area contributed by atoms with Crippen molar-refractivity contribution < 1.29 is 14.3 Å². The molecule has 1 saturated heterocycles. The highest BCUT2D eigenvalue weighted by molar-refractivity contribution is 5.72. The van der Waals surface area contributed by atoms with Crippen LogP contribution in [0.1, 0.15) is 19.8 Å². The van der Waals surface area contributed by atoms with Crippen LogP contribution in [-0.4, -0.2) is 25.3 Å². The number of esters is 1. The van der Waals surface area contributed by atoms with E-state index in [0.29, 0.717) is 13.0 Å². The van der Waals surface area contributed by atoms with E-state index in [0.717, 1.165) is 13.0 Å². The lowest BCUT2D eigenvalue weighted by Gasteiger charge is -2.10. The molecule has 3 heteroatoms. The Kier molecular flexibility index (Phi) is 3.96. The molecule has 0 saturated carbocycles. The summed E-state index contributed by atoms with van der Waals surface area (Å²) in [5, 5.41) is 0. The van der Waals surface area contributed by atoms with Gasteiger partial charge in [0.1, 0.15) is 12.7 Å². The summed E-state index contributed by atoms with van der Waals surface area (Å²) in [6, 6.07) is 0. The van der Waals surface area contributed by atoms with Crippen LogP contribution in [0.5, 0.6) is 0 Å². The summed E-state index contributed by atoms with van der Waals surface area (Å²) in [4.78, 5) is 11.4. The quantitative estimate of drug-likeness (QED) is 0.357. The van der Waals surface area contributed by atoms with Crippen molar-refractivity contribution in [1.29, 1.82) is 0 Å². The largest absolute Gasteiger partial charge is 0.463 e. The number of rotatable bonds is 6. The first-order valence-electron chi connectivity index (χ1n) is 4.67. The van der Waals surface area contributed by atoms with Crippen LogP contribution < -0.4 is 0 Å². The summed E-state index contributed by atoms with van der Waals surface area (Å²) in [7, 11) is 0. The third-order valence-electron chi connectivity index (χ3n) is 2.09. The van der Waals surface area contributed by atoms with Crippen molar-refractivity contribution in [1.82, 2.24) is 0 Å². The molecule has 1 rings (SSSR count). The van der Waals surface area contributed by atoms with Gasteiger partial charge in [0, 0.05) is 0 Å². The second-order valence-electron chi connectivity index (χ2n) is 3.21. The Morgan fingerprint density at radius 1 is 1.85 bits per heavy atom. The number of allylic oxidation sites excluding steroid dienone is 1. The Morgan fingerprint density at radius 2 is 2.54 bits per heavy atom. The van der Waals surface area contributed by atoms with Crippen molar-refractivity contribution in [3.63, 3.8) is 0 Å². The molecule has 3 nitrogen and oxygen atoms in total. The van der Waals surface area contributed by atoms with Gasteiger partial charge in [0.05, 0.1) is 12.5 Å². The second-order valence-corrected chi connectivity index (χ2v) is 3.21. The molecule has 0 aromatic heterocycles. The Balaban J connectivity index is 2.20. The monoisotopic (exact) mass is 184 g/mol. The normalized spacial score (nSPS) is 22.1. The summed E-state index contributed by atoms with van der Waals surface area (Å²) in [6.07, 6.45) is 3.41. The molecule has 2 unspecified atom stereocenters. The first-order valence-corrected chi connectivity index (χ1v) is 4.67. The molecular weight excluding hydrogens is 168 g/mol. The van der Waals surface area contributed by atoms with Gasteiger partial charge >= 0.3 is 5.97 Å². The van der Waals surface area contributed by atoms with Crippen molar-refractivity contribution in [2.45, 2.75) is 25.9 Å². The molecule has 13 heavy (non-hydrogen) atoms. The minimum absolute atomic E-state index is 0.0312. The Labute approximate surface area is 78.7 Å². The van der Waals surface area contributed by atoms with E-state index in [2.05, 4.69) is 6.58 Å². The molecule has 0 aromatic rings.